The molecule has 3 aliphatic heterocycles. The second-order valence-electron chi connectivity index (χ2n) is 11.4. The molecule has 4 heterocycles. The van der Waals surface area contributed by atoms with Crippen LogP contribution in [0.15, 0.2) is 54.6 Å². The number of carbonyl (C=O) groups is 1. The van der Waals surface area contributed by atoms with Crippen LogP contribution in [-0.2, 0) is 19.1 Å². The van der Waals surface area contributed by atoms with E-state index in [0.29, 0.717) is 30.4 Å². The molecule has 6 rings (SSSR count). The number of hydrogen-bond acceptors (Lipinski definition) is 4. The quantitative estimate of drug-likeness (QED) is 0.360. The molecule has 0 radical (unpaired) electrons. The van der Waals surface area contributed by atoms with Crippen molar-refractivity contribution in [2.24, 2.45) is 0 Å². The summed E-state index contributed by atoms with van der Waals surface area (Å²) in [5.74, 6) is 1.13. The third-order valence-electron chi connectivity index (χ3n) is 8.90. The molecule has 2 fully saturated rings. The number of aryl methyl sites for hydroxylation is 1. The van der Waals surface area contributed by atoms with Crippen LogP contribution in [0.2, 0.25) is 0 Å². The van der Waals surface area contributed by atoms with Gasteiger partial charge in [-0.25, -0.2) is 9.78 Å². The Kier molecular flexibility index (Phi) is 7.78. The van der Waals surface area contributed by atoms with Gasteiger partial charge in [0, 0.05) is 67.8 Å². The van der Waals surface area contributed by atoms with Gasteiger partial charge in [0.05, 0.1) is 11.3 Å². The zero-order valence-electron chi connectivity index (χ0n) is 23.3. The molecule has 1 unspecified atom stereocenters. The van der Waals surface area contributed by atoms with Gasteiger partial charge in [0.1, 0.15) is 5.82 Å². The van der Waals surface area contributed by atoms with Crippen molar-refractivity contribution in [1.29, 1.82) is 0 Å². The van der Waals surface area contributed by atoms with Crippen molar-refractivity contribution in [3.8, 4) is 0 Å². The van der Waals surface area contributed by atoms with Crippen molar-refractivity contribution in [3.63, 3.8) is 0 Å². The van der Waals surface area contributed by atoms with Gasteiger partial charge >= 0.3 is 12.2 Å². The van der Waals surface area contributed by atoms with Crippen molar-refractivity contribution < 1.29 is 18.0 Å². The predicted molar refractivity (Wildman–Crippen MR) is 153 cm³/mol. The topological polar surface area (TPSA) is 65.4 Å². The number of piperidine rings is 1. The predicted octanol–water partition coefficient (Wildman–Crippen LogP) is 6.15. The van der Waals surface area contributed by atoms with E-state index in [1.807, 2.05) is 30.3 Å². The maximum Gasteiger partial charge on any atom is 0.416 e. The highest BCUT2D eigenvalue weighted by molar-refractivity contribution is 6.01. The summed E-state index contributed by atoms with van der Waals surface area (Å²) in [7, 11) is 0. The van der Waals surface area contributed by atoms with Crippen LogP contribution in [-0.4, -0.2) is 52.2 Å². The fraction of sp³-hybridized carbons (Fsp3) is 0.484. The Morgan fingerprint density at radius 1 is 1.05 bits per heavy atom. The van der Waals surface area contributed by atoms with Crippen LogP contribution in [0.1, 0.15) is 60.9 Å². The largest absolute Gasteiger partial charge is 0.416 e. The van der Waals surface area contributed by atoms with E-state index in [4.69, 9.17) is 4.98 Å². The normalized spacial score (nSPS) is 22.4. The average molecular weight is 567 g/mol. The van der Waals surface area contributed by atoms with Crippen LogP contribution >= 0.6 is 0 Å². The number of rotatable bonds is 7. The minimum atomic E-state index is -4.42. The number of anilines is 2. The van der Waals surface area contributed by atoms with Crippen LogP contribution < -0.4 is 15.5 Å². The van der Waals surface area contributed by atoms with E-state index in [0.717, 1.165) is 69.0 Å². The van der Waals surface area contributed by atoms with Crippen molar-refractivity contribution in [2.45, 2.75) is 76.3 Å². The molecule has 218 valence electrons. The number of hydrogen-bond donors (Lipinski definition) is 2. The zero-order chi connectivity index (χ0) is 28.6. The molecule has 0 aliphatic carbocycles. The van der Waals surface area contributed by atoms with Gasteiger partial charge in [-0.05, 0) is 75.4 Å². The lowest BCUT2D eigenvalue weighted by atomic mass is 9.96. The molecule has 0 saturated carbocycles. The summed E-state index contributed by atoms with van der Waals surface area (Å²) in [4.78, 5) is 22.5. The molecular formula is C31H37F3N6O. The second kappa shape index (κ2) is 11.5. The maximum absolute atomic E-state index is 13.3. The zero-order valence-corrected chi connectivity index (χ0v) is 23.3. The number of nitrogens with one attached hydrogen (secondary N) is 2. The van der Waals surface area contributed by atoms with Gasteiger partial charge in [-0.3, -0.25) is 9.80 Å². The van der Waals surface area contributed by atoms with Crippen LogP contribution in [0.3, 0.4) is 0 Å². The summed E-state index contributed by atoms with van der Waals surface area (Å²) in [6.07, 6.45) is 2.09. The molecule has 2 saturated heterocycles. The molecule has 0 spiro atoms. The first-order valence-corrected chi connectivity index (χ1v) is 14.6. The summed E-state index contributed by atoms with van der Waals surface area (Å²) >= 11 is 0. The number of carbonyl (C=O) groups excluding carboxylic acids is 1. The van der Waals surface area contributed by atoms with E-state index < -0.39 is 11.7 Å². The Morgan fingerprint density at radius 2 is 1.76 bits per heavy atom. The summed E-state index contributed by atoms with van der Waals surface area (Å²) < 4.78 is 41.4. The monoisotopic (exact) mass is 566 g/mol. The molecule has 2 aromatic carbocycles. The first kappa shape index (κ1) is 27.8. The number of benzene rings is 2. The van der Waals surface area contributed by atoms with E-state index in [-0.39, 0.29) is 6.03 Å². The van der Waals surface area contributed by atoms with Gasteiger partial charge in [0.15, 0.2) is 0 Å². The Morgan fingerprint density at radius 3 is 2.44 bits per heavy atom. The Balaban J connectivity index is 1.09. The van der Waals surface area contributed by atoms with Crippen molar-refractivity contribution in [3.05, 3.63) is 77.4 Å². The van der Waals surface area contributed by atoms with Crippen molar-refractivity contribution in [2.75, 3.05) is 29.9 Å². The number of para-hydroxylation sites is 1. The van der Waals surface area contributed by atoms with Crippen LogP contribution in [0, 0.1) is 6.92 Å². The Bertz CT molecular complexity index is 1340. The average Bonchev–Trinajstić information content (AvgIpc) is 3.41. The number of alkyl halides is 3. The van der Waals surface area contributed by atoms with Gasteiger partial charge in [0.2, 0.25) is 0 Å². The molecular weight excluding hydrogens is 529 g/mol. The Labute approximate surface area is 238 Å². The third-order valence-corrected chi connectivity index (χ3v) is 8.90. The fourth-order valence-corrected chi connectivity index (χ4v) is 7.07. The summed E-state index contributed by atoms with van der Waals surface area (Å²) in [5, 5.41) is 6.22. The van der Waals surface area contributed by atoms with Gasteiger partial charge in [-0.1, -0.05) is 18.2 Å². The molecule has 41 heavy (non-hydrogen) atoms. The molecule has 2 N–H and O–H groups in total. The summed E-state index contributed by atoms with van der Waals surface area (Å²) in [6, 6.07) is 15.2. The van der Waals surface area contributed by atoms with Gasteiger partial charge < -0.3 is 15.2 Å². The minimum Gasteiger partial charge on any atom is -0.329 e. The molecule has 1 aromatic heterocycles. The molecule has 10 heteroatoms. The summed E-state index contributed by atoms with van der Waals surface area (Å²) in [6.45, 7) is 5.43. The highest BCUT2D eigenvalue weighted by atomic mass is 19.4. The molecule has 2 amide bonds. The number of urea groups is 1. The van der Waals surface area contributed by atoms with Crippen LogP contribution in [0.25, 0.3) is 0 Å². The summed E-state index contributed by atoms with van der Waals surface area (Å²) in [5.41, 5.74) is 2.97. The second-order valence-corrected chi connectivity index (χ2v) is 11.4. The van der Waals surface area contributed by atoms with E-state index >= 15 is 0 Å². The first-order valence-electron chi connectivity index (χ1n) is 14.6. The molecule has 2 bridgehead atoms. The van der Waals surface area contributed by atoms with Crippen molar-refractivity contribution >= 4 is 17.4 Å². The molecule has 3 aromatic rings. The van der Waals surface area contributed by atoms with Crippen LogP contribution in [0.4, 0.5) is 29.3 Å². The van der Waals surface area contributed by atoms with Gasteiger partial charge in [-0.15, -0.1) is 0 Å². The number of aromatic nitrogens is 2. The molecule has 3 atom stereocenters. The Hall–Kier alpha value is -3.37. The lowest BCUT2D eigenvalue weighted by molar-refractivity contribution is -0.137. The first-order chi connectivity index (χ1) is 19.8. The minimum absolute atomic E-state index is 0.330. The highest BCUT2D eigenvalue weighted by Crippen LogP contribution is 2.42. The number of nitrogens with zero attached hydrogens (tertiary/aromatic N) is 4. The van der Waals surface area contributed by atoms with Crippen LogP contribution in [0.5, 0.6) is 0 Å². The third kappa shape index (κ3) is 5.85. The van der Waals surface area contributed by atoms with E-state index in [1.54, 1.807) is 4.90 Å². The number of amides is 2. The number of fused-ring (bicyclic) bond motifs is 3. The van der Waals surface area contributed by atoms with Gasteiger partial charge in [0.25, 0.3) is 0 Å². The lowest BCUT2D eigenvalue weighted by Crippen LogP contribution is -2.45. The van der Waals surface area contributed by atoms with E-state index in [1.165, 1.54) is 36.4 Å². The van der Waals surface area contributed by atoms with Crippen molar-refractivity contribution in [1.82, 2.24) is 19.8 Å². The van der Waals surface area contributed by atoms with E-state index in [9.17, 15) is 18.0 Å². The van der Waals surface area contributed by atoms with E-state index in [2.05, 4.69) is 27.0 Å². The maximum atomic E-state index is 13.3. The molecule has 3 aliphatic rings. The number of halogens is 3. The standard InChI is InChI=1S/C31H37F3N6O/c1-21-36-28-20-35-15-14-29(28)40(21)27-18-25-12-13-26(19-27)38(25)16-5-17-39(24-6-3-2-4-7-24)30(41)37-23-10-8-22(9-11-23)31(32,33)34/h2-4,6-11,25-27,35H,5,12-20H2,1H3,(H,37,41)/t25-,26+,27?. The van der Waals surface area contributed by atoms with Gasteiger partial charge in [-0.2, -0.15) is 13.2 Å². The molecule has 7 nitrogen and oxygen atoms in total. The lowest BCUT2D eigenvalue weighted by Gasteiger charge is -2.40. The SMILES string of the molecule is Cc1nc2c(n1C1C[C@H]3CC[C@@H](C1)N3CCCN(C(=O)Nc1ccc(C(F)(F)F)cc1)c1ccccc1)CCNC2. The fourth-order valence-electron chi connectivity index (χ4n) is 7.07. The smallest absolute Gasteiger partial charge is 0.329 e. The highest BCUT2D eigenvalue weighted by Gasteiger charge is 2.42. The number of imidazole rings is 1.